The second kappa shape index (κ2) is 8.67. The highest BCUT2D eigenvalue weighted by atomic mass is 16.2. The number of amides is 1. The molecular formula is C23H28N6O. The first-order chi connectivity index (χ1) is 14.5. The summed E-state index contributed by atoms with van der Waals surface area (Å²) in [6.07, 6.45) is 1.78. The zero-order chi connectivity index (χ0) is 21.1. The van der Waals surface area contributed by atoms with Crippen molar-refractivity contribution >= 4 is 17.3 Å². The topological polar surface area (TPSA) is 66.3 Å². The molecule has 1 aromatic carbocycles. The molecule has 156 valence electrons. The standard InChI is InChI=1S/C23H28N6O/c1-17-7-6-8-20(15-17)25-22(30)16-27-11-13-28(14-12-27)23-18(2)26-29(19(23)3)21-9-4-5-10-24-21/h4-10,15H,11-14,16H2,1-3H3,(H,25,30). The highest BCUT2D eigenvalue weighted by Gasteiger charge is 2.24. The van der Waals surface area contributed by atoms with Gasteiger partial charge in [0.05, 0.1) is 23.6 Å². The number of hydrogen-bond donors (Lipinski definition) is 1. The fraction of sp³-hybridized carbons (Fsp3) is 0.348. The van der Waals surface area contributed by atoms with E-state index in [-0.39, 0.29) is 5.91 Å². The average molecular weight is 405 g/mol. The van der Waals surface area contributed by atoms with E-state index in [1.807, 2.05) is 61.0 Å². The van der Waals surface area contributed by atoms with Gasteiger partial charge in [0.2, 0.25) is 5.91 Å². The first-order valence-electron chi connectivity index (χ1n) is 10.3. The fourth-order valence-corrected chi connectivity index (χ4v) is 4.05. The second-order valence-electron chi connectivity index (χ2n) is 7.80. The van der Waals surface area contributed by atoms with Crippen molar-refractivity contribution in [3.05, 3.63) is 65.6 Å². The Hall–Kier alpha value is -3.19. The summed E-state index contributed by atoms with van der Waals surface area (Å²) in [6.45, 7) is 9.99. The highest BCUT2D eigenvalue weighted by Crippen LogP contribution is 2.27. The third kappa shape index (κ3) is 4.36. The Labute approximate surface area is 177 Å². The summed E-state index contributed by atoms with van der Waals surface area (Å²) in [7, 11) is 0. The molecule has 0 atom stereocenters. The van der Waals surface area contributed by atoms with Crippen LogP contribution in [0.25, 0.3) is 5.82 Å². The van der Waals surface area contributed by atoms with E-state index in [9.17, 15) is 4.79 Å². The van der Waals surface area contributed by atoms with E-state index in [1.54, 1.807) is 6.20 Å². The first-order valence-corrected chi connectivity index (χ1v) is 10.3. The van der Waals surface area contributed by atoms with E-state index >= 15 is 0 Å². The third-order valence-corrected chi connectivity index (χ3v) is 5.48. The van der Waals surface area contributed by atoms with Crippen molar-refractivity contribution in [3.8, 4) is 5.82 Å². The number of aromatic nitrogens is 3. The summed E-state index contributed by atoms with van der Waals surface area (Å²) in [5.74, 6) is 0.861. The summed E-state index contributed by atoms with van der Waals surface area (Å²) < 4.78 is 1.91. The minimum atomic E-state index is 0.0318. The molecule has 1 aliphatic heterocycles. The number of benzene rings is 1. The van der Waals surface area contributed by atoms with Crippen LogP contribution in [-0.4, -0.2) is 58.3 Å². The van der Waals surface area contributed by atoms with Crippen LogP contribution >= 0.6 is 0 Å². The molecular weight excluding hydrogens is 376 g/mol. The molecule has 0 aliphatic carbocycles. The van der Waals surface area contributed by atoms with Gasteiger partial charge in [0.15, 0.2) is 5.82 Å². The summed E-state index contributed by atoms with van der Waals surface area (Å²) in [4.78, 5) is 21.4. The van der Waals surface area contributed by atoms with E-state index in [2.05, 4.69) is 27.0 Å². The van der Waals surface area contributed by atoms with Crippen LogP contribution in [0.15, 0.2) is 48.7 Å². The molecule has 3 heterocycles. The molecule has 0 unspecified atom stereocenters. The number of rotatable bonds is 5. The number of piperazine rings is 1. The van der Waals surface area contributed by atoms with Gasteiger partial charge in [-0.3, -0.25) is 9.69 Å². The maximum atomic E-state index is 12.4. The van der Waals surface area contributed by atoms with E-state index in [0.29, 0.717) is 6.54 Å². The normalized spacial score (nSPS) is 14.7. The smallest absolute Gasteiger partial charge is 0.238 e. The van der Waals surface area contributed by atoms with Gasteiger partial charge in [0.1, 0.15) is 0 Å². The Morgan fingerprint density at radius 2 is 1.83 bits per heavy atom. The number of nitrogens with one attached hydrogen (secondary N) is 1. The van der Waals surface area contributed by atoms with Crippen molar-refractivity contribution in [2.45, 2.75) is 20.8 Å². The number of nitrogens with zero attached hydrogens (tertiary/aromatic N) is 5. The van der Waals surface area contributed by atoms with Gasteiger partial charge in [-0.05, 0) is 50.6 Å². The molecule has 3 aromatic rings. The van der Waals surface area contributed by atoms with Crippen LogP contribution in [0.1, 0.15) is 17.0 Å². The van der Waals surface area contributed by atoms with Crippen LogP contribution < -0.4 is 10.2 Å². The van der Waals surface area contributed by atoms with E-state index in [1.165, 1.54) is 5.69 Å². The zero-order valence-electron chi connectivity index (χ0n) is 17.8. The van der Waals surface area contributed by atoms with Crippen molar-refractivity contribution in [2.24, 2.45) is 0 Å². The van der Waals surface area contributed by atoms with Gasteiger partial charge in [0.25, 0.3) is 0 Å². The first kappa shape index (κ1) is 20.1. The van der Waals surface area contributed by atoms with Crippen LogP contribution in [-0.2, 0) is 4.79 Å². The van der Waals surface area contributed by atoms with Crippen molar-refractivity contribution < 1.29 is 4.79 Å². The second-order valence-corrected chi connectivity index (χ2v) is 7.80. The number of anilines is 2. The van der Waals surface area contributed by atoms with Gasteiger partial charge < -0.3 is 10.2 Å². The van der Waals surface area contributed by atoms with E-state index in [4.69, 9.17) is 5.10 Å². The molecule has 0 spiro atoms. The summed E-state index contributed by atoms with van der Waals surface area (Å²) >= 11 is 0. The van der Waals surface area contributed by atoms with Crippen molar-refractivity contribution in [1.82, 2.24) is 19.7 Å². The molecule has 1 N–H and O–H groups in total. The average Bonchev–Trinajstić information content (AvgIpc) is 3.03. The van der Waals surface area contributed by atoms with E-state index in [0.717, 1.165) is 54.6 Å². The van der Waals surface area contributed by atoms with Crippen LogP contribution in [0, 0.1) is 20.8 Å². The van der Waals surface area contributed by atoms with Gasteiger partial charge in [-0.15, -0.1) is 0 Å². The molecule has 1 amide bonds. The molecule has 0 saturated carbocycles. The quantitative estimate of drug-likeness (QED) is 0.708. The number of aryl methyl sites for hydroxylation is 2. The van der Waals surface area contributed by atoms with Crippen molar-refractivity contribution in [1.29, 1.82) is 0 Å². The lowest BCUT2D eigenvalue weighted by Gasteiger charge is -2.35. The van der Waals surface area contributed by atoms with Crippen LogP contribution in [0.2, 0.25) is 0 Å². The van der Waals surface area contributed by atoms with Gasteiger partial charge >= 0.3 is 0 Å². The van der Waals surface area contributed by atoms with Crippen LogP contribution in [0.3, 0.4) is 0 Å². The molecule has 30 heavy (non-hydrogen) atoms. The summed E-state index contributed by atoms with van der Waals surface area (Å²) in [6, 6.07) is 13.7. The molecule has 0 bridgehead atoms. The fourth-order valence-electron chi connectivity index (χ4n) is 4.05. The maximum Gasteiger partial charge on any atom is 0.238 e. The van der Waals surface area contributed by atoms with Crippen molar-refractivity contribution in [3.63, 3.8) is 0 Å². The predicted octanol–water partition coefficient (Wildman–Crippen LogP) is 2.95. The molecule has 0 radical (unpaired) electrons. The lowest BCUT2D eigenvalue weighted by atomic mass is 10.2. The lowest BCUT2D eigenvalue weighted by molar-refractivity contribution is -0.117. The largest absolute Gasteiger partial charge is 0.366 e. The highest BCUT2D eigenvalue weighted by molar-refractivity contribution is 5.92. The lowest BCUT2D eigenvalue weighted by Crippen LogP contribution is -2.49. The van der Waals surface area contributed by atoms with Crippen LogP contribution in [0.4, 0.5) is 11.4 Å². The third-order valence-electron chi connectivity index (χ3n) is 5.48. The number of carbonyl (C=O) groups excluding carboxylic acids is 1. The number of carbonyl (C=O) groups is 1. The van der Waals surface area contributed by atoms with Gasteiger partial charge in [-0.1, -0.05) is 18.2 Å². The minimum Gasteiger partial charge on any atom is -0.366 e. The molecule has 4 rings (SSSR count). The zero-order valence-corrected chi connectivity index (χ0v) is 17.8. The molecule has 1 saturated heterocycles. The number of hydrogen-bond acceptors (Lipinski definition) is 5. The summed E-state index contributed by atoms with van der Waals surface area (Å²) in [5.41, 5.74) is 5.26. The Morgan fingerprint density at radius 1 is 1.03 bits per heavy atom. The van der Waals surface area contributed by atoms with Gasteiger partial charge in [-0.25, -0.2) is 9.67 Å². The number of pyridine rings is 1. The molecule has 1 aliphatic rings. The Morgan fingerprint density at radius 3 is 2.53 bits per heavy atom. The SMILES string of the molecule is Cc1cccc(NC(=O)CN2CCN(c3c(C)nn(-c4ccccn4)c3C)CC2)c1. The Bertz CT molecular complexity index is 1020. The molecule has 7 heteroatoms. The molecule has 1 fully saturated rings. The van der Waals surface area contributed by atoms with Gasteiger partial charge in [-0.2, -0.15) is 5.10 Å². The predicted molar refractivity (Wildman–Crippen MR) is 119 cm³/mol. The molecule has 2 aromatic heterocycles. The Kier molecular flexibility index (Phi) is 5.81. The monoisotopic (exact) mass is 404 g/mol. The minimum absolute atomic E-state index is 0.0318. The van der Waals surface area contributed by atoms with E-state index < -0.39 is 0 Å². The van der Waals surface area contributed by atoms with Crippen molar-refractivity contribution in [2.75, 3.05) is 42.9 Å². The summed E-state index contributed by atoms with van der Waals surface area (Å²) in [5, 5.41) is 7.71. The maximum absolute atomic E-state index is 12.4. The van der Waals surface area contributed by atoms with Gasteiger partial charge in [0, 0.05) is 38.1 Å². The Balaban J connectivity index is 1.37. The van der Waals surface area contributed by atoms with Crippen LogP contribution in [0.5, 0.6) is 0 Å². The molecule has 7 nitrogen and oxygen atoms in total.